The van der Waals surface area contributed by atoms with Gasteiger partial charge in [-0.1, -0.05) is 355 Å². The Labute approximate surface area is 457 Å². The molecular formula is C67H130O6. The van der Waals surface area contributed by atoms with Gasteiger partial charge in [-0.3, -0.25) is 14.4 Å². The van der Waals surface area contributed by atoms with Crippen molar-refractivity contribution in [3.63, 3.8) is 0 Å². The zero-order chi connectivity index (χ0) is 52.9. The van der Waals surface area contributed by atoms with Gasteiger partial charge in [-0.15, -0.1) is 0 Å². The zero-order valence-corrected chi connectivity index (χ0v) is 50.0. The second kappa shape index (κ2) is 62.9. The lowest BCUT2D eigenvalue weighted by Crippen LogP contribution is -2.30. The van der Waals surface area contributed by atoms with Gasteiger partial charge in [0.15, 0.2) is 6.10 Å². The highest BCUT2D eigenvalue weighted by molar-refractivity contribution is 5.71. The molecule has 0 bridgehead atoms. The fraction of sp³-hybridized carbons (Fsp3) is 0.955. The fourth-order valence-corrected chi connectivity index (χ4v) is 10.6. The standard InChI is InChI=1S/C67H130O6/c1-4-7-10-13-16-18-20-22-24-26-27-28-29-30-31-32-33-34-35-36-37-38-39-41-42-44-46-48-51-54-57-60-66(69)72-63-64(62-71-65(68)59-56-53-50-15-12-9-6-3)73-67(70)61-58-55-52-49-47-45-43-40-25-23-21-19-17-14-11-8-5-2/h64H,4-63H2,1-3H3. The molecule has 0 aromatic heterocycles. The van der Waals surface area contributed by atoms with E-state index in [9.17, 15) is 14.4 Å². The van der Waals surface area contributed by atoms with Gasteiger partial charge in [0.25, 0.3) is 0 Å². The molecule has 0 heterocycles. The van der Waals surface area contributed by atoms with Gasteiger partial charge in [0, 0.05) is 19.3 Å². The van der Waals surface area contributed by atoms with Crippen molar-refractivity contribution < 1.29 is 28.6 Å². The number of carbonyl (C=O) groups is 3. The van der Waals surface area contributed by atoms with Crippen molar-refractivity contribution in [2.75, 3.05) is 13.2 Å². The summed E-state index contributed by atoms with van der Waals surface area (Å²) in [5, 5.41) is 0. The first-order valence-electron chi connectivity index (χ1n) is 33.5. The van der Waals surface area contributed by atoms with E-state index in [1.54, 1.807) is 0 Å². The molecule has 6 nitrogen and oxygen atoms in total. The SMILES string of the molecule is CCCCCCCCCCCCCCCCCCCCCCCCCCCCCCCCCC(=O)OCC(COC(=O)CCCCCCCCC)OC(=O)CCCCCCCCCCCCCCCCCCC. The molecule has 0 aliphatic rings. The molecule has 0 saturated heterocycles. The molecule has 0 aromatic carbocycles. The molecule has 1 atom stereocenters. The minimum Gasteiger partial charge on any atom is -0.462 e. The number of ether oxygens (including phenoxy) is 3. The lowest BCUT2D eigenvalue weighted by atomic mass is 10.0. The van der Waals surface area contributed by atoms with Crippen molar-refractivity contribution in [3.8, 4) is 0 Å². The molecule has 0 fully saturated rings. The molecule has 0 rings (SSSR count). The van der Waals surface area contributed by atoms with Crippen molar-refractivity contribution in [2.24, 2.45) is 0 Å². The topological polar surface area (TPSA) is 78.9 Å². The first kappa shape index (κ1) is 71.4. The molecule has 434 valence electrons. The third-order valence-electron chi connectivity index (χ3n) is 15.6. The van der Waals surface area contributed by atoms with E-state index in [4.69, 9.17) is 14.2 Å². The van der Waals surface area contributed by atoms with Crippen LogP contribution < -0.4 is 0 Å². The summed E-state index contributed by atoms with van der Waals surface area (Å²) in [5.41, 5.74) is 0. The van der Waals surface area contributed by atoms with Crippen LogP contribution in [0.1, 0.15) is 393 Å². The number of unbranched alkanes of at least 4 members (excludes halogenated alkanes) is 52. The fourth-order valence-electron chi connectivity index (χ4n) is 10.6. The van der Waals surface area contributed by atoms with Crippen LogP contribution in [-0.2, 0) is 28.6 Å². The highest BCUT2D eigenvalue weighted by Crippen LogP contribution is 2.19. The van der Waals surface area contributed by atoms with Crippen LogP contribution in [0, 0.1) is 0 Å². The third kappa shape index (κ3) is 61.1. The Morgan fingerprint density at radius 3 is 0.548 bits per heavy atom. The quantitative estimate of drug-likeness (QED) is 0.0343. The van der Waals surface area contributed by atoms with Gasteiger partial charge in [0.2, 0.25) is 0 Å². The average molecular weight is 1030 g/mol. The van der Waals surface area contributed by atoms with Gasteiger partial charge in [0.05, 0.1) is 0 Å². The maximum Gasteiger partial charge on any atom is 0.306 e. The van der Waals surface area contributed by atoms with Crippen LogP contribution in [0.3, 0.4) is 0 Å². The Morgan fingerprint density at radius 2 is 0.370 bits per heavy atom. The molecule has 0 aliphatic carbocycles. The van der Waals surface area contributed by atoms with Gasteiger partial charge < -0.3 is 14.2 Å². The Hall–Kier alpha value is -1.59. The van der Waals surface area contributed by atoms with Crippen LogP contribution in [0.25, 0.3) is 0 Å². The molecule has 0 aliphatic heterocycles. The summed E-state index contributed by atoms with van der Waals surface area (Å²) in [7, 11) is 0. The van der Waals surface area contributed by atoms with Crippen LogP contribution in [0.5, 0.6) is 0 Å². The smallest absolute Gasteiger partial charge is 0.306 e. The van der Waals surface area contributed by atoms with Crippen molar-refractivity contribution in [1.82, 2.24) is 0 Å². The van der Waals surface area contributed by atoms with E-state index in [2.05, 4.69) is 20.8 Å². The van der Waals surface area contributed by atoms with Gasteiger partial charge in [-0.25, -0.2) is 0 Å². The van der Waals surface area contributed by atoms with E-state index in [0.717, 1.165) is 57.8 Å². The largest absolute Gasteiger partial charge is 0.462 e. The Bertz CT molecular complexity index is 1090. The monoisotopic (exact) mass is 1030 g/mol. The van der Waals surface area contributed by atoms with Gasteiger partial charge in [-0.05, 0) is 19.3 Å². The van der Waals surface area contributed by atoms with Gasteiger partial charge in [-0.2, -0.15) is 0 Å². The maximum atomic E-state index is 12.8. The summed E-state index contributed by atoms with van der Waals surface area (Å²) in [6.45, 7) is 6.68. The maximum absolute atomic E-state index is 12.8. The molecule has 73 heavy (non-hydrogen) atoms. The van der Waals surface area contributed by atoms with E-state index in [0.29, 0.717) is 19.3 Å². The number of hydrogen-bond acceptors (Lipinski definition) is 6. The Morgan fingerprint density at radius 1 is 0.219 bits per heavy atom. The van der Waals surface area contributed by atoms with Crippen LogP contribution in [0.2, 0.25) is 0 Å². The lowest BCUT2D eigenvalue weighted by molar-refractivity contribution is -0.167. The van der Waals surface area contributed by atoms with E-state index in [1.807, 2.05) is 0 Å². The summed E-state index contributed by atoms with van der Waals surface area (Å²) >= 11 is 0. The molecule has 1 unspecified atom stereocenters. The van der Waals surface area contributed by atoms with Gasteiger partial charge >= 0.3 is 17.9 Å². The third-order valence-corrected chi connectivity index (χ3v) is 15.6. The number of esters is 3. The molecule has 6 heteroatoms. The predicted molar refractivity (Wildman–Crippen MR) is 317 cm³/mol. The predicted octanol–water partition coefficient (Wildman–Crippen LogP) is 22.7. The van der Waals surface area contributed by atoms with Crippen molar-refractivity contribution in [3.05, 3.63) is 0 Å². The lowest BCUT2D eigenvalue weighted by Gasteiger charge is -2.18. The van der Waals surface area contributed by atoms with Crippen LogP contribution in [0.4, 0.5) is 0 Å². The van der Waals surface area contributed by atoms with E-state index in [1.165, 1.54) is 295 Å². The van der Waals surface area contributed by atoms with E-state index in [-0.39, 0.29) is 31.1 Å². The molecular weight excluding hydrogens is 901 g/mol. The first-order chi connectivity index (χ1) is 36.0. The number of hydrogen-bond donors (Lipinski definition) is 0. The second-order valence-electron chi connectivity index (χ2n) is 23.1. The summed E-state index contributed by atoms with van der Waals surface area (Å²) in [6, 6.07) is 0. The zero-order valence-electron chi connectivity index (χ0n) is 50.0. The molecule has 0 N–H and O–H groups in total. The average Bonchev–Trinajstić information content (AvgIpc) is 3.39. The minimum atomic E-state index is -0.761. The van der Waals surface area contributed by atoms with Crippen molar-refractivity contribution in [1.29, 1.82) is 0 Å². The summed E-state index contributed by atoms with van der Waals surface area (Å²) < 4.78 is 16.9. The highest BCUT2D eigenvalue weighted by Gasteiger charge is 2.19. The Balaban J connectivity index is 3.94. The summed E-state index contributed by atoms with van der Waals surface area (Å²) in [6.07, 6.45) is 73.1. The van der Waals surface area contributed by atoms with E-state index >= 15 is 0 Å². The molecule has 0 radical (unpaired) electrons. The van der Waals surface area contributed by atoms with Crippen LogP contribution in [0.15, 0.2) is 0 Å². The molecule has 0 saturated carbocycles. The van der Waals surface area contributed by atoms with E-state index < -0.39 is 6.10 Å². The molecule has 0 aromatic rings. The summed E-state index contributed by atoms with van der Waals surface area (Å²) in [5.74, 6) is -0.837. The van der Waals surface area contributed by atoms with Crippen LogP contribution in [-0.4, -0.2) is 37.2 Å². The summed E-state index contributed by atoms with van der Waals surface area (Å²) in [4.78, 5) is 38.0. The molecule has 0 amide bonds. The van der Waals surface area contributed by atoms with Crippen molar-refractivity contribution in [2.45, 2.75) is 399 Å². The van der Waals surface area contributed by atoms with Crippen molar-refractivity contribution >= 4 is 17.9 Å². The molecule has 0 spiro atoms. The van der Waals surface area contributed by atoms with Crippen LogP contribution >= 0.6 is 0 Å². The number of rotatable bonds is 63. The second-order valence-corrected chi connectivity index (χ2v) is 23.1. The van der Waals surface area contributed by atoms with Gasteiger partial charge in [0.1, 0.15) is 13.2 Å². The first-order valence-corrected chi connectivity index (χ1v) is 33.5. The number of carbonyl (C=O) groups excluding carboxylic acids is 3. The Kier molecular flexibility index (Phi) is 61.6. The highest BCUT2D eigenvalue weighted by atomic mass is 16.6. The normalized spacial score (nSPS) is 11.9. The minimum absolute atomic E-state index is 0.0616.